The smallest absolute Gasteiger partial charge is 0.220 e. The number of amides is 1. The molecule has 1 N–H and O–H groups in total. The highest BCUT2D eigenvalue weighted by Crippen LogP contribution is 2.34. The normalized spacial score (nSPS) is 16.8. The predicted octanol–water partition coefficient (Wildman–Crippen LogP) is 3.89. The van der Waals surface area contributed by atoms with E-state index < -0.39 is 0 Å². The number of benzene rings is 1. The van der Waals surface area contributed by atoms with E-state index in [1.54, 1.807) is 7.11 Å². The summed E-state index contributed by atoms with van der Waals surface area (Å²) in [7, 11) is 1.65. The van der Waals surface area contributed by atoms with Crippen LogP contribution in [0.5, 0.6) is 11.5 Å². The Hall–Kier alpha value is -1.71. The lowest BCUT2D eigenvalue weighted by Crippen LogP contribution is -2.15. The summed E-state index contributed by atoms with van der Waals surface area (Å²) in [5.41, 5.74) is 1.13. The number of ether oxygens (including phenoxy) is 2. The zero-order valence-corrected chi connectivity index (χ0v) is 14.4. The molecule has 1 saturated heterocycles. The van der Waals surface area contributed by atoms with Crippen LogP contribution in [0.15, 0.2) is 18.2 Å². The summed E-state index contributed by atoms with van der Waals surface area (Å²) in [4.78, 5) is 11.3. The fraction of sp³-hybridized carbons (Fsp3) is 0.611. The van der Waals surface area contributed by atoms with Crippen LogP contribution >= 0.6 is 0 Å². The molecule has 0 saturated carbocycles. The molecule has 1 unspecified atom stereocenters. The number of hydrogen-bond donors (Lipinski definition) is 1. The highest BCUT2D eigenvalue weighted by molar-refractivity contribution is 5.79. The van der Waals surface area contributed by atoms with Crippen molar-refractivity contribution < 1.29 is 14.3 Å². The number of rotatable bonds is 6. The second-order valence-electron chi connectivity index (χ2n) is 5.17. The molecule has 4 heteroatoms. The zero-order valence-electron chi connectivity index (χ0n) is 14.4. The molecule has 1 aliphatic rings. The van der Waals surface area contributed by atoms with Crippen molar-refractivity contribution in [3.63, 3.8) is 0 Å². The monoisotopic (exact) mass is 307 g/mol. The third kappa shape index (κ3) is 4.65. The van der Waals surface area contributed by atoms with Crippen LogP contribution in [0.3, 0.4) is 0 Å². The van der Waals surface area contributed by atoms with Crippen LogP contribution in [0.25, 0.3) is 0 Å². The molecule has 124 valence electrons. The Morgan fingerprint density at radius 1 is 1.23 bits per heavy atom. The standard InChI is InChI=1S/C16H23NO3.C2H6/c1-4-13(5-2)20-15-8-11(6-7-14(15)19-3)12-9-16(18)17-10-12;1-2/h6-8,12-13H,4-5,9-10H2,1-3H3,(H,17,18);1-2H3. The second kappa shape index (κ2) is 9.34. The summed E-state index contributed by atoms with van der Waals surface area (Å²) in [5, 5.41) is 2.87. The van der Waals surface area contributed by atoms with Crippen molar-refractivity contribution in [3.05, 3.63) is 23.8 Å². The van der Waals surface area contributed by atoms with Gasteiger partial charge in [0.15, 0.2) is 11.5 Å². The lowest BCUT2D eigenvalue weighted by molar-refractivity contribution is -0.119. The molecule has 4 nitrogen and oxygen atoms in total. The first-order valence-electron chi connectivity index (χ1n) is 8.29. The molecule has 1 aliphatic heterocycles. The molecule has 1 heterocycles. The quantitative estimate of drug-likeness (QED) is 0.867. The van der Waals surface area contributed by atoms with Crippen molar-refractivity contribution in [2.24, 2.45) is 0 Å². The third-order valence-electron chi connectivity index (χ3n) is 3.84. The van der Waals surface area contributed by atoms with Crippen LogP contribution in [-0.2, 0) is 4.79 Å². The van der Waals surface area contributed by atoms with Crippen LogP contribution in [0.2, 0.25) is 0 Å². The first kappa shape index (κ1) is 18.3. The molecule has 2 rings (SSSR count). The van der Waals surface area contributed by atoms with E-state index in [1.165, 1.54) is 0 Å². The van der Waals surface area contributed by atoms with Gasteiger partial charge in [0.05, 0.1) is 13.2 Å². The number of methoxy groups -OCH3 is 1. The maximum Gasteiger partial charge on any atom is 0.220 e. The SMILES string of the molecule is CC.CCC(CC)Oc1cc(C2CNC(=O)C2)ccc1OC. The van der Waals surface area contributed by atoms with Crippen molar-refractivity contribution in [2.45, 2.75) is 59.0 Å². The van der Waals surface area contributed by atoms with Gasteiger partial charge in [-0.3, -0.25) is 4.79 Å². The van der Waals surface area contributed by atoms with Crippen molar-refractivity contribution >= 4 is 5.91 Å². The van der Waals surface area contributed by atoms with Crippen LogP contribution in [0.4, 0.5) is 0 Å². The van der Waals surface area contributed by atoms with Crippen LogP contribution in [0.1, 0.15) is 58.4 Å². The minimum atomic E-state index is 0.119. The van der Waals surface area contributed by atoms with Gasteiger partial charge in [-0.25, -0.2) is 0 Å². The van der Waals surface area contributed by atoms with Gasteiger partial charge < -0.3 is 14.8 Å². The van der Waals surface area contributed by atoms with E-state index in [-0.39, 0.29) is 17.9 Å². The van der Waals surface area contributed by atoms with Gasteiger partial charge in [-0.2, -0.15) is 0 Å². The van der Waals surface area contributed by atoms with Gasteiger partial charge >= 0.3 is 0 Å². The van der Waals surface area contributed by atoms with Crippen molar-refractivity contribution in [2.75, 3.05) is 13.7 Å². The van der Waals surface area contributed by atoms with Crippen molar-refractivity contribution in [1.29, 1.82) is 0 Å². The van der Waals surface area contributed by atoms with E-state index in [0.29, 0.717) is 13.0 Å². The van der Waals surface area contributed by atoms with E-state index in [0.717, 1.165) is 29.9 Å². The summed E-state index contributed by atoms with van der Waals surface area (Å²) in [6, 6.07) is 5.96. The van der Waals surface area contributed by atoms with Gasteiger partial charge in [-0.05, 0) is 30.5 Å². The maximum absolute atomic E-state index is 11.3. The highest BCUT2D eigenvalue weighted by atomic mass is 16.5. The molecular formula is C18H29NO3. The van der Waals surface area contributed by atoms with E-state index >= 15 is 0 Å². The Morgan fingerprint density at radius 3 is 2.41 bits per heavy atom. The summed E-state index contributed by atoms with van der Waals surface area (Å²) >= 11 is 0. The van der Waals surface area contributed by atoms with Crippen LogP contribution in [-0.4, -0.2) is 25.7 Å². The predicted molar refractivity (Wildman–Crippen MR) is 89.7 cm³/mol. The van der Waals surface area contributed by atoms with Gasteiger partial charge in [0.2, 0.25) is 5.91 Å². The zero-order chi connectivity index (χ0) is 16.5. The molecule has 0 aromatic heterocycles. The second-order valence-corrected chi connectivity index (χ2v) is 5.17. The Labute approximate surface area is 134 Å². The molecule has 22 heavy (non-hydrogen) atoms. The number of carbonyl (C=O) groups is 1. The van der Waals surface area contributed by atoms with Gasteiger partial charge in [0.1, 0.15) is 0 Å². The summed E-state index contributed by atoms with van der Waals surface area (Å²) < 4.78 is 11.4. The fourth-order valence-corrected chi connectivity index (χ4v) is 2.52. The maximum atomic E-state index is 11.3. The van der Waals surface area contributed by atoms with E-state index in [4.69, 9.17) is 9.47 Å². The molecule has 1 aromatic carbocycles. The van der Waals surface area contributed by atoms with Gasteiger partial charge in [-0.1, -0.05) is 33.8 Å². The first-order valence-corrected chi connectivity index (χ1v) is 8.29. The molecule has 0 bridgehead atoms. The van der Waals surface area contributed by atoms with E-state index in [9.17, 15) is 4.79 Å². The summed E-state index contributed by atoms with van der Waals surface area (Å²) in [6.45, 7) is 8.93. The molecule has 1 aromatic rings. The molecule has 0 radical (unpaired) electrons. The molecule has 1 fully saturated rings. The Balaban J connectivity index is 0.00000116. The third-order valence-corrected chi connectivity index (χ3v) is 3.84. The Kier molecular flexibility index (Phi) is 7.78. The summed E-state index contributed by atoms with van der Waals surface area (Å²) in [5.74, 6) is 1.88. The number of hydrogen-bond acceptors (Lipinski definition) is 3. The number of nitrogens with one attached hydrogen (secondary N) is 1. The van der Waals surface area contributed by atoms with Gasteiger partial charge in [0, 0.05) is 18.9 Å². The largest absolute Gasteiger partial charge is 0.493 e. The summed E-state index contributed by atoms with van der Waals surface area (Å²) in [6.07, 6.45) is 2.68. The molecule has 0 spiro atoms. The van der Waals surface area contributed by atoms with Crippen LogP contribution < -0.4 is 14.8 Å². The van der Waals surface area contributed by atoms with Crippen molar-refractivity contribution in [3.8, 4) is 11.5 Å². The fourth-order valence-electron chi connectivity index (χ4n) is 2.52. The lowest BCUT2D eigenvalue weighted by Gasteiger charge is -2.19. The minimum Gasteiger partial charge on any atom is -0.493 e. The molecule has 0 aliphatic carbocycles. The molecule has 1 amide bonds. The van der Waals surface area contributed by atoms with E-state index in [1.807, 2.05) is 32.0 Å². The lowest BCUT2D eigenvalue weighted by atomic mass is 9.98. The Morgan fingerprint density at radius 2 is 1.91 bits per heavy atom. The Bertz CT molecular complexity index is 469. The number of carbonyl (C=O) groups excluding carboxylic acids is 1. The average molecular weight is 307 g/mol. The van der Waals surface area contributed by atoms with Gasteiger partial charge in [0.25, 0.3) is 0 Å². The average Bonchev–Trinajstić information content (AvgIpc) is 3.00. The van der Waals surface area contributed by atoms with Crippen LogP contribution in [0, 0.1) is 0 Å². The molecular weight excluding hydrogens is 278 g/mol. The van der Waals surface area contributed by atoms with E-state index in [2.05, 4.69) is 19.2 Å². The van der Waals surface area contributed by atoms with Gasteiger partial charge in [-0.15, -0.1) is 0 Å². The minimum absolute atomic E-state index is 0.119. The first-order chi connectivity index (χ1) is 10.7. The topological polar surface area (TPSA) is 47.6 Å². The molecule has 1 atom stereocenters. The van der Waals surface area contributed by atoms with Crippen molar-refractivity contribution in [1.82, 2.24) is 5.32 Å². The highest BCUT2D eigenvalue weighted by Gasteiger charge is 2.24.